The minimum absolute atomic E-state index is 0.109. The average molecular weight is 275 g/mol. The number of imidazole rings is 1. The summed E-state index contributed by atoms with van der Waals surface area (Å²) in [5, 5.41) is 13.1. The first-order valence-electron chi connectivity index (χ1n) is 7.27. The van der Waals surface area contributed by atoms with Crippen LogP contribution in [0.5, 0.6) is 0 Å². The van der Waals surface area contributed by atoms with Gasteiger partial charge >= 0.3 is 0 Å². The van der Waals surface area contributed by atoms with Gasteiger partial charge in [-0.1, -0.05) is 6.92 Å². The summed E-state index contributed by atoms with van der Waals surface area (Å²) in [4.78, 5) is 4.47. The van der Waals surface area contributed by atoms with Gasteiger partial charge in [-0.2, -0.15) is 0 Å². The number of nitrogens with one attached hydrogen (secondary N) is 1. The summed E-state index contributed by atoms with van der Waals surface area (Å²) in [7, 11) is 0. The summed E-state index contributed by atoms with van der Waals surface area (Å²) >= 11 is 0. The quantitative estimate of drug-likeness (QED) is 0.851. The van der Waals surface area contributed by atoms with Crippen LogP contribution in [0.2, 0.25) is 0 Å². The van der Waals surface area contributed by atoms with Gasteiger partial charge in [0.25, 0.3) is 0 Å². The summed E-state index contributed by atoms with van der Waals surface area (Å²) in [5.74, 6) is 0. The van der Waals surface area contributed by atoms with Gasteiger partial charge in [-0.05, 0) is 57.0 Å². The van der Waals surface area contributed by atoms with Gasteiger partial charge in [-0.15, -0.1) is 0 Å². The van der Waals surface area contributed by atoms with E-state index in [2.05, 4.69) is 54.7 Å². The maximum absolute atomic E-state index is 9.69. The van der Waals surface area contributed by atoms with E-state index < -0.39 is 0 Å². The fraction of sp³-hybridized carbons (Fsp3) is 0.562. The number of rotatable bonds is 6. The average Bonchev–Trinajstić information content (AvgIpc) is 2.79. The van der Waals surface area contributed by atoms with Crippen LogP contribution in [0.25, 0.3) is 11.0 Å². The Bertz CT molecular complexity index is 591. The molecule has 1 aromatic carbocycles. The molecular formula is C16H25N3O. The summed E-state index contributed by atoms with van der Waals surface area (Å²) in [6, 6.07) is 4.30. The van der Waals surface area contributed by atoms with Crippen molar-refractivity contribution >= 4 is 11.0 Å². The topological polar surface area (TPSA) is 50.1 Å². The molecule has 0 amide bonds. The van der Waals surface area contributed by atoms with Crippen LogP contribution < -0.4 is 5.32 Å². The number of aliphatic hydroxyl groups is 1. The van der Waals surface area contributed by atoms with E-state index in [4.69, 9.17) is 0 Å². The Morgan fingerprint density at radius 1 is 1.30 bits per heavy atom. The normalized spacial score (nSPS) is 14.7. The molecule has 110 valence electrons. The van der Waals surface area contributed by atoms with Crippen molar-refractivity contribution in [2.45, 2.75) is 46.2 Å². The number of aryl methyl sites for hydroxylation is 2. The Morgan fingerprint density at radius 3 is 2.65 bits per heavy atom. The fourth-order valence-corrected chi connectivity index (χ4v) is 2.40. The number of aromatic nitrogens is 2. The summed E-state index contributed by atoms with van der Waals surface area (Å²) in [6.07, 6.45) is 2.92. The lowest BCUT2D eigenvalue weighted by molar-refractivity contribution is 0.158. The van der Waals surface area contributed by atoms with Crippen LogP contribution >= 0.6 is 0 Å². The number of hydrogen-bond donors (Lipinski definition) is 2. The monoisotopic (exact) mass is 275 g/mol. The molecule has 2 rings (SSSR count). The van der Waals surface area contributed by atoms with E-state index >= 15 is 0 Å². The molecule has 0 saturated heterocycles. The minimum Gasteiger partial charge on any atom is -0.394 e. The van der Waals surface area contributed by atoms with Crippen LogP contribution in [0.15, 0.2) is 18.5 Å². The second kappa shape index (κ2) is 5.94. The molecule has 4 heteroatoms. The third-order valence-electron chi connectivity index (χ3n) is 3.91. The highest BCUT2D eigenvalue weighted by molar-refractivity contribution is 5.77. The lowest BCUT2D eigenvalue weighted by Crippen LogP contribution is -2.49. The lowest BCUT2D eigenvalue weighted by Gasteiger charge is -2.29. The van der Waals surface area contributed by atoms with Gasteiger partial charge < -0.3 is 15.0 Å². The van der Waals surface area contributed by atoms with E-state index in [-0.39, 0.29) is 12.1 Å². The van der Waals surface area contributed by atoms with Gasteiger partial charge in [0.2, 0.25) is 0 Å². The predicted molar refractivity (Wildman–Crippen MR) is 83.0 cm³/mol. The first-order chi connectivity index (χ1) is 9.49. The Labute approximate surface area is 120 Å². The lowest BCUT2D eigenvalue weighted by atomic mass is 10.0. The van der Waals surface area contributed by atoms with Gasteiger partial charge in [-0.25, -0.2) is 4.98 Å². The van der Waals surface area contributed by atoms with Gasteiger partial charge in [0.05, 0.1) is 29.5 Å². The third-order valence-corrected chi connectivity index (χ3v) is 3.91. The molecule has 2 N–H and O–H groups in total. The summed E-state index contributed by atoms with van der Waals surface area (Å²) < 4.78 is 2.13. The Balaban J connectivity index is 2.31. The largest absolute Gasteiger partial charge is 0.394 e. The van der Waals surface area contributed by atoms with Crippen LogP contribution in [0, 0.1) is 13.8 Å². The number of benzene rings is 1. The van der Waals surface area contributed by atoms with Crippen molar-refractivity contribution in [1.82, 2.24) is 14.9 Å². The molecule has 0 aliphatic carbocycles. The van der Waals surface area contributed by atoms with Crippen LogP contribution in [0.4, 0.5) is 0 Å². The third kappa shape index (κ3) is 3.02. The highest BCUT2D eigenvalue weighted by Crippen LogP contribution is 2.20. The minimum atomic E-state index is -0.317. The first kappa shape index (κ1) is 15.0. The van der Waals surface area contributed by atoms with E-state index in [1.165, 1.54) is 11.1 Å². The molecule has 1 unspecified atom stereocenters. The molecule has 0 spiro atoms. The van der Waals surface area contributed by atoms with E-state index in [1.54, 1.807) is 0 Å². The number of nitrogens with zero attached hydrogens (tertiary/aromatic N) is 2. The Hall–Kier alpha value is -1.39. The molecule has 1 atom stereocenters. The zero-order valence-corrected chi connectivity index (χ0v) is 12.9. The number of fused-ring (bicyclic) bond motifs is 1. The second-order valence-corrected chi connectivity index (χ2v) is 5.94. The number of aliphatic hydroxyl groups excluding tert-OH is 1. The maximum atomic E-state index is 9.69. The van der Waals surface area contributed by atoms with Crippen LogP contribution in [0.1, 0.15) is 31.4 Å². The maximum Gasteiger partial charge on any atom is 0.0958 e. The van der Waals surface area contributed by atoms with Crippen LogP contribution in [-0.2, 0) is 6.54 Å². The smallest absolute Gasteiger partial charge is 0.0958 e. The van der Waals surface area contributed by atoms with Crippen molar-refractivity contribution in [3.05, 3.63) is 29.6 Å². The molecule has 0 aliphatic rings. The first-order valence-corrected chi connectivity index (χ1v) is 7.27. The van der Waals surface area contributed by atoms with Gasteiger partial charge in [0.15, 0.2) is 0 Å². The van der Waals surface area contributed by atoms with Crippen LogP contribution in [0.3, 0.4) is 0 Å². The molecule has 1 heterocycles. The van der Waals surface area contributed by atoms with Crippen molar-refractivity contribution in [1.29, 1.82) is 0 Å². The zero-order valence-electron chi connectivity index (χ0n) is 12.9. The standard InChI is InChI=1S/C16H25N3O/c1-5-6-18-16(4,10-20)9-19-11-17-14-7-12(2)13(3)8-15(14)19/h7-8,11,18,20H,5-6,9-10H2,1-4H3. The summed E-state index contributed by atoms with van der Waals surface area (Å²) in [5.41, 5.74) is 4.36. The molecular weight excluding hydrogens is 250 g/mol. The van der Waals surface area contributed by atoms with Crippen molar-refractivity contribution in [3.8, 4) is 0 Å². The SMILES string of the molecule is CCCNC(C)(CO)Cn1cnc2cc(C)c(C)cc21. The molecule has 4 nitrogen and oxygen atoms in total. The molecule has 0 radical (unpaired) electrons. The predicted octanol–water partition coefficient (Wildman–Crippen LogP) is 2.40. The van der Waals surface area contributed by atoms with Crippen molar-refractivity contribution in [2.75, 3.05) is 13.2 Å². The molecule has 0 fully saturated rings. The molecule has 1 aromatic heterocycles. The zero-order chi connectivity index (χ0) is 14.8. The van der Waals surface area contributed by atoms with Gasteiger partial charge in [0, 0.05) is 6.54 Å². The van der Waals surface area contributed by atoms with Gasteiger partial charge in [-0.3, -0.25) is 0 Å². The molecule has 2 aromatic rings. The van der Waals surface area contributed by atoms with Gasteiger partial charge in [0.1, 0.15) is 0 Å². The molecule has 0 bridgehead atoms. The Kier molecular flexibility index (Phi) is 4.45. The van der Waals surface area contributed by atoms with Crippen LogP contribution in [-0.4, -0.2) is 33.3 Å². The molecule has 20 heavy (non-hydrogen) atoms. The highest BCUT2D eigenvalue weighted by atomic mass is 16.3. The van der Waals surface area contributed by atoms with Crippen molar-refractivity contribution < 1.29 is 5.11 Å². The van der Waals surface area contributed by atoms with E-state index in [0.717, 1.165) is 24.0 Å². The highest BCUT2D eigenvalue weighted by Gasteiger charge is 2.23. The van der Waals surface area contributed by atoms with Crippen molar-refractivity contribution in [3.63, 3.8) is 0 Å². The summed E-state index contributed by atoms with van der Waals surface area (Å²) in [6.45, 7) is 10.1. The second-order valence-electron chi connectivity index (χ2n) is 5.94. The van der Waals surface area contributed by atoms with Crippen molar-refractivity contribution in [2.24, 2.45) is 0 Å². The number of hydrogen-bond acceptors (Lipinski definition) is 3. The molecule has 0 aliphatic heterocycles. The molecule has 0 saturated carbocycles. The Morgan fingerprint density at radius 2 is 2.00 bits per heavy atom. The fourth-order valence-electron chi connectivity index (χ4n) is 2.40. The van der Waals surface area contributed by atoms with E-state index in [0.29, 0.717) is 6.54 Å². The van der Waals surface area contributed by atoms with E-state index in [9.17, 15) is 5.11 Å². The van der Waals surface area contributed by atoms with E-state index in [1.807, 2.05) is 6.33 Å².